The molecule has 3 fully saturated rings. The van der Waals surface area contributed by atoms with Gasteiger partial charge in [0.2, 0.25) is 12.7 Å². The van der Waals surface area contributed by atoms with Crippen LogP contribution < -0.4 is 14.8 Å². The van der Waals surface area contributed by atoms with E-state index in [0.29, 0.717) is 12.3 Å². The molecule has 9 heteroatoms. The number of carbonyl (C=O) groups is 1. The van der Waals surface area contributed by atoms with Gasteiger partial charge in [-0.25, -0.2) is 9.37 Å². The monoisotopic (exact) mass is 572 g/mol. The Balaban J connectivity index is 1.15. The van der Waals surface area contributed by atoms with Crippen LogP contribution in [0.25, 0.3) is 22.6 Å². The van der Waals surface area contributed by atoms with E-state index in [2.05, 4.69) is 10.3 Å². The van der Waals surface area contributed by atoms with Crippen LogP contribution in [0.2, 0.25) is 5.02 Å². The minimum Gasteiger partial charge on any atom is -0.454 e. The van der Waals surface area contributed by atoms with Crippen LogP contribution in [-0.4, -0.2) is 27.7 Å². The van der Waals surface area contributed by atoms with Crippen molar-refractivity contribution in [2.45, 2.75) is 57.4 Å². The lowest BCUT2D eigenvalue weighted by Crippen LogP contribution is -2.51. The van der Waals surface area contributed by atoms with Crippen LogP contribution in [-0.2, 0) is 16.8 Å². The van der Waals surface area contributed by atoms with E-state index in [9.17, 15) is 9.18 Å². The van der Waals surface area contributed by atoms with Crippen LogP contribution in [0.15, 0.2) is 54.6 Å². The predicted molar refractivity (Wildman–Crippen MR) is 153 cm³/mol. The van der Waals surface area contributed by atoms with Gasteiger partial charge in [-0.05, 0) is 93.5 Å². The zero-order chi connectivity index (χ0) is 28.2. The number of rotatable bonds is 6. The van der Waals surface area contributed by atoms with Gasteiger partial charge in [0, 0.05) is 28.6 Å². The van der Waals surface area contributed by atoms with E-state index in [4.69, 9.17) is 31.0 Å². The highest BCUT2D eigenvalue weighted by atomic mass is 35.5. The first kappa shape index (κ1) is 26.0. The third-order valence-electron chi connectivity index (χ3n) is 9.16. The number of halogens is 2. The van der Waals surface area contributed by atoms with Gasteiger partial charge in [0.1, 0.15) is 11.6 Å². The van der Waals surface area contributed by atoms with E-state index >= 15 is 0 Å². The zero-order valence-electron chi connectivity index (χ0n) is 22.7. The van der Waals surface area contributed by atoms with Crippen molar-refractivity contribution in [3.63, 3.8) is 0 Å². The topological polar surface area (TPSA) is 89.1 Å². The third kappa shape index (κ3) is 4.54. The summed E-state index contributed by atoms with van der Waals surface area (Å²) in [6.07, 6.45) is 5.00. The van der Waals surface area contributed by atoms with E-state index in [1.54, 1.807) is 12.1 Å². The number of pyridine rings is 1. The van der Waals surface area contributed by atoms with Gasteiger partial charge < -0.3 is 19.8 Å². The Hall–Kier alpha value is -3.91. The Labute approximate surface area is 242 Å². The summed E-state index contributed by atoms with van der Waals surface area (Å²) in [7, 11) is 0. The van der Waals surface area contributed by atoms with E-state index in [-0.39, 0.29) is 28.6 Å². The maximum absolute atomic E-state index is 13.5. The first-order valence-corrected chi connectivity index (χ1v) is 14.4. The molecule has 0 radical (unpaired) electrons. The molecule has 3 heterocycles. The van der Waals surface area contributed by atoms with Crippen molar-refractivity contribution in [3.05, 3.63) is 82.5 Å². The Bertz CT molecular complexity index is 1640. The molecule has 0 spiro atoms. The molecule has 4 aromatic rings. The van der Waals surface area contributed by atoms with Crippen molar-refractivity contribution in [3.8, 4) is 34.1 Å². The number of fused-ring (bicyclic) bond motifs is 4. The number of hydrogen-bond acceptors (Lipinski definition) is 5. The van der Waals surface area contributed by atoms with Gasteiger partial charge in [0.15, 0.2) is 11.5 Å². The number of benzene rings is 2. The average molecular weight is 573 g/mol. The molecule has 1 amide bonds. The average Bonchev–Trinajstić information content (AvgIpc) is 3.66. The van der Waals surface area contributed by atoms with Gasteiger partial charge in [0.25, 0.3) is 0 Å². The fraction of sp³-hybridized carbons (Fsp3) is 0.344. The smallest absolute Gasteiger partial charge is 0.231 e. The number of H-pyrrole nitrogens is 1. The van der Waals surface area contributed by atoms with Crippen LogP contribution in [0.4, 0.5) is 4.39 Å². The maximum Gasteiger partial charge on any atom is 0.231 e. The van der Waals surface area contributed by atoms with Crippen LogP contribution in [0, 0.1) is 18.2 Å². The Morgan fingerprint density at radius 3 is 2.54 bits per heavy atom. The molecule has 1 aliphatic heterocycles. The number of aromatic amines is 1. The third-order valence-corrected chi connectivity index (χ3v) is 9.45. The summed E-state index contributed by atoms with van der Waals surface area (Å²) in [5.74, 6) is 2.00. The number of imidazole rings is 1. The molecule has 2 aromatic carbocycles. The molecule has 41 heavy (non-hydrogen) atoms. The first-order valence-electron chi connectivity index (χ1n) is 14.0. The highest BCUT2D eigenvalue weighted by molar-refractivity contribution is 6.30. The number of ether oxygens (including phenoxy) is 2. The summed E-state index contributed by atoms with van der Waals surface area (Å²) in [6.45, 7) is 2.53. The molecule has 0 unspecified atom stereocenters. The van der Waals surface area contributed by atoms with Gasteiger partial charge in [-0.3, -0.25) is 9.78 Å². The molecular weight excluding hydrogens is 543 g/mol. The van der Waals surface area contributed by atoms with E-state index < -0.39 is 5.82 Å². The summed E-state index contributed by atoms with van der Waals surface area (Å²) in [4.78, 5) is 27.1. The lowest BCUT2D eigenvalue weighted by Gasteiger charge is -2.51. The number of aromatic nitrogens is 3. The maximum atomic E-state index is 13.5. The van der Waals surface area contributed by atoms with Crippen molar-refractivity contribution in [1.82, 2.24) is 20.3 Å². The number of nitrogens with zero attached hydrogens (tertiary/aromatic N) is 2. The van der Waals surface area contributed by atoms with Gasteiger partial charge >= 0.3 is 0 Å². The standard InChI is InChI=1S/C32H30ClFN4O3/c1-19-3-2-4-24(36-19)28-27(21-6-8-25-26(16-21)41-18-40-25)37-29(38-28)31-9-12-32(13-10-31,14-11-31)30(39)35-17-20-5-7-23(34)22(33)15-20/h2-8,15-16H,9-14,17-18H2,1H3,(H,35,39)(H,37,38). The van der Waals surface area contributed by atoms with E-state index in [0.717, 1.165) is 84.0 Å². The molecule has 4 aliphatic rings. The summed E-state index contributed by atoms with van der Waals surface area (Å²) in [5.41, 5.74) is 4.70. The fourth-order valence-corrected chi connectivity index (χ4v) is 6.85. The van der Waals surface area contributed by atoms with Crippen molar-refractivity contribution in [2.24, 2.45) is 5.41 Å². The van der Waals surface area contributed by atoms with Crippen molar-refractivity contribution < 1.29 is 18.7 Å². The predicted octanol–water partition coefficient (Wildman–Crippen LogP) is 6.88. The molecule has 8 rings (SSSR count). The molecule has 7 nitrogen and oxygen atoms in total. The minimum atomic E-state index is -0.461. The molecule has 210 valence electrons. The summed E-state index contributed by atoms with van der Waals surface area (Å²) in [6, 6.07) is 16.5. The van der Waals surface area contributed by atoms with Crippen molar-refractivity contribution in [2.75, 3.05) is 6.79 Å². The van der Waals surface area contributed by atoms with E-state index in [1.165, 1.54) is 6.07 Å². The normalized spacial score (nSPS) is 22.6. The second-order valence-corrected chi connectivity index (χ2v) is 11.9. The fourth-order valence-electron chi connectivity index (χ4n) is 6.65. The number of aryl methyl sites for hydroxylation is 1. The van der Waals surface area contributed by atoms with E-state index in [1.807, 2.05) is 43.3 Å². The van der Waals surface area contributed by atoms with Crippen molar-refractivity contribution in [1.29, 1.82) is 0 Å². The van der Waals surface area contributed by atoms with Gasteiger partial charge in [-0.15, -0.1) is 0 Å². The molecule has 3 aliphatic carbocycles. The highest BCUT2D eigenvalue weighted by Gasteiger charge is 2.54. The molecule has 0 atom stereocenters. The van der Waals surface area contributed by atoms with Crippen molar-refractivity contribution >= 4 is 17.5 Å². The molecule has 2 aromatic heterocycles. The molecular formula is C32H30ClFN4O3. The Morgan fingerprint density at radius 2 is 1.78 bits per heavy atom. The highest BCUT2D eigenvalue weighted by Crippen LogP contribution is 2.58. The van der Waals surface area contributed by atoms with Crippen LogP contribution in [0.1, 0.15) is 55.6 Å². The minimum absolute atomic E-state index is 0.0637. The largest absolute Gasteiger partial charge is 0.454 e. The van der Waals surface area contributed by atoms with Crippen LogP contribution in [0.5, 0.6) is 11.5 Å². The molecule has 0 saturated heterocycles. The molecule has 2 bridgehead atoms. The second kappa shape index (κ2) is 9.87. The van der Waals surface area contributed by atoms with Gasteiger partial charge in [-0.2, -0.15) is 0 Å². The lowest BCUT2D eigenvalue weighted by atomic mass is 9.53. The number of carbonyl (C=O) groups excluding carboxylic acids is 1. The second-order valence-electron chi connectivity index (χ2n) is 11.5. The lowest BCUT2D eigenvalue weighted by molar-refractivity contribution is -0.138. The number of hydrogen-bond donors (Lipinski definition) is 2. The Kier molecular flexibility index (Phi) is 6.27. The quantitative estimate of drug-likeness (QED) is 0.263. The summed E-state index contributed by atoms with van der Waals surface area (Å²) in [5, 5.41) is 3.16. The van der Waals surface area contributed by atoms with Crippen LogP contribution in [0.3, 0.4) is 0 Å². The summed E-state index contributed by atoms with van der Waals surface area (Å²) < 4.78 is 24.7. The molecule has 3 saturated carbocycles. The molecule has 2 N–H and O–H groups in total. The SMILES string of the molecule is Cc1cccc(-c2[nH]c(C34CCC(C(=O)NCc5ccc(F)c(Cl)c5)(CC3)CC4)nc2-c2ccc3c(c2)OCO3)n1. The van der Waals surface area contributed by atoms with Gasteiger partial charge in [0.05, 0.1) is 22.1 Å². The number of amides is 1. The first-order chi connectivity index (χ1) is 19.8. The van der Waals surface area contributed by atoms with Gasteiger partial charge in [-0.1, -0.05) is 23.7 Å². The van der Waals surface area contributed by atoms with Crippen LogP contribution >= 0.6 is 11.6 Å². The zero-order valence-corrected chi connectivity index (χ0v) is 23.5. The number of nitrogens with one attached hydrogen (secondary N) is 2. The Morgan fingerprint density at radius 1 is 1.00 bits per heavy atom. The summed E-state index contributed by atoms with van der Waals surface area (Å²) >= 11 is 5.92.